The molecule has 15 nitrogen and oxygen atoms in total. The van der Waals surface area contributed by atoms with Crippen LogP contribution in [0.2, 0.25) is 10.0 Å². The number of carbonyl (C=O) groups is 1. The number of hydrogen-bond acceptors (Lipinski definition) is 12. The van der Waals surface area contributed by atoms with Crippen LogP contribution in [-0.2, 0) is 39.3 Å². The summed E-state index contributed by atoms with van der Waals surface area (Å²) in [6.45, 7) is 0.598. The van der Waals surface area contributed by atoms with E-state index in [0.717, 1.165) is 29.3 Å². The smallest absolute Gasteiger partial charge is 0.397 e. The van der Waals surface area contributed by atoms with Crippen LogP contribution in [0.15, 0.2) is 55.5 Å². The number of rotatable bonds is 10. The van der Waals surface area contributed by atoms with Crippen LogP contribution in [0.5, 0.6) is 5.75 Å². The van der Waals surface area contributed by atoms with Crippen LogP contribution in [0.25, 0.3) is 0 Å². The van der Waals surface area contributed by atoms with Crippen LogP contribution in [0, 0.1) is 0 Å². The van der Waals surface area contributed by atoms with Crippen molar-refractivity contribution in [3.63, 3.8) is 0 Å². The van der Waals surface area contributed by atoms with Crippen molar-refractivity contribution in [2.75, 3.05) is 24.5 Å². The maximum Gasteiger partial charge on any atom is 0.397 e. The van der Waals surface area contributed by atoms with Gasteiger partial charge in [0.15, 0.2) is 15.9 Å². The van der Waals surface area contributed by atoms with Crippen molar-refractivity contribution in [2.24, 2.45) is 15.3 Å². The summed E-state index contributed by atoms with van der Waals surface area (Å²) in [5.41, 5.74) is -0.0688. The lowest BCUT2D eigenvalue weighted by Crippen LogP contribution is -2.30. The minimum atomic E-state index is -4.83. The molecular weight excluding hydrogens is 627 g/mol. The maximum atomic E-state index is 13.0. The summed E-state index contributed by atoms with van der Waals surface area (Å²) in [4.78, 5) is 12.1. The molecule has 1 heterocycles. The van der Waals surface area contributed by atoms with Gasteiger partial charge in [0.25, 0.3) is 16.0 Å². The Morgan fingerprint density at radius 3 is 2.31 bits per heavy atom. The molecule has 0 aliphatic carbocycles. The molecule has 39 heavy (non-hydrogen) atoms. The van der Waals surface area contributed by atoms with E-state index in [4.69, 9.17) is 32.5 Å². The quantitative estimate of drug-likeness (QED) is 0.283. The number of azo groups is 1. The molecule has 2 N–H and O–H groups in total. The minimum absolute atomic E-state index is 0.0828. The minimum Gasteiger partial charge on any atom is -0.494 e. The summed E-state index contributed by atoms with van der Waals surface area (Å²) in [5, 5.41) is 12.1. The molecule has 2 aromatic carbocycles. The normalized spacial score (nSPS) is 16.7. The fourth-order valence-corrected chi connectivity index (χ4v) is 6.00. The van der Waals surface area contributed by atoms with E-state index in [9.17, 15) is 34.6 Å². The molecule has 1 aliphatic heterocycles. The lowest BCUT2D eigenvalue weighted by molar-refractivity contribution is -0.117. The topological polar surface area (TPSA) is 219 Å². The van der Waals surface area contributed by atoms with Gasteiger partial charge in [0.1, 0.15) is 16.3 Å². The third kappa shape index (κ3) is 7.28. The van der Waals surface area contributed by atoms with Gasteiger partial charge in [-0.3, -0.25) is 13.9 Å². The molecule has 0 spiro atoms. The van der Waals surface area contributed by atoms with Gasteiger partial charge in [-0.2, -0.15) is 37.2 Å². The lowest BCUT2D eigenvalue weighted by atomic mass is 10.2. The van der Waals surface area contributed by atoms with E-state index in [2.05, 4.69) is 19.5 Å². The fourth-order valence-electron chi connectivity index (χ4n) is 3.17. The lowest BCUT2D eigenvalue weighted by Gasteiger charge is -2.15. The van der Waals surface area contributed by atoms with Gasteiger partial charge in [0.2, 0.25) is 0 Å². The largest absolute Gasteiger partial charge is 0.494 e. The molecular formula is C19H18Cl2N4O11S3. The first-order valence-electron chi connectivity index (χ1n) is 10.2. The zero-order valence-corrected chi connectivity index (χ0v) is 23.7. The Morgan fingerprint density at radius 1 is 1.05 bits per heavy atom. The van der Waals surface area contributed by atoms with E-state index < -0.39 is 64.6 Å². The predicted octanol–water partition coefficient (Wildman–Crippen LogP) is 2.72. The Labute approximate surface area is 232 Å². The van der Waals surface area contributed by atoms with E-state index >= 15 is 0 Å². The van der Waals surface area contributed by atoms with Crippen molar-refractivity contribution >= 4 is 76.5 Å². The number of halogens is 2. The summed E-state index contributed by atoms with van der Waals surface area (Å²) >= 11 is 12.0. The summed E-state index contributed by atoms with van der Waals surface area (Å²) in [6, 6.07) is 4.06. The van der Waals surface area contributed by atoms with E-state index in [1.807, 2.05) is 0 Å². The van der Waals surface area contributed by atoms with Crippen molar-refractivity contribution in [3.8, 4) is 5.75 Å². The van der Waals surface area contributed by atoms with Crippen molar-refractivity contribution in [3.05, 3.63) is 40.4 Å². The highest BCUT2D eigenvalue weighted by Gasteiger charge is 2.36. The number of ether oxygens (including phenoxy) is 1. The van der Waals surface area contributed by atoms with Gasteiger partial charge in [-0.05, 0) is 37.3 Å². The third-order valence-electron chi connectivity index (χ3n) is 4.98. The van der Waals surface area contributed by atoms with Crippen LogP contribution in [0.3, 0.4) is 0 Å². The molecule has 20 heteroatoms. The SMILES string of the molecule is COc1ccc(S(=O)(=O)CCOS(=O)(=O)O)cc1N=NC1C(=O)N(c2cc(Cl)c(S(=O)(=O)O)cc2Cl)N=C1C. The molecule has 1 amide bonds. The Hall–Kier alpha value is -2.71. The number of amides is 1. The van der Waals surface area contributed by atoms with Gasteiger partial charge < -0.3 is 4.74 Å². The van der Waals surface area contributed by atoms with Crippen molar-refractivity contribution < 1.29 is 48.1 Å². The van der Waals surface area contributed by atoms with Crippen molar-refractivity contribution in [2.45, 2.75) is 22.8 Å². The molecule has 3 rings (SSSR count). The molecule has 1 unspecified atom stereocenters. The summed E-state index contributed by atoms with van der Waals surface area (Å²) in [6.07, 6.45) is 0. The standard InChI is InChI=1S/C19H18Cl2N4O11S3/c1-10-18(19(26)25(24-10)15-8-13(21)17(9-12(15)20)38(29,30)31)23-22-14-7-11(3-4-16(14)35-2)37(27,28)6-5-36-39(32,33)34/h3-4,7-9,18H,5-6H2,1-2H3,(H,29,30,31)(H,32,33,34). The molecule has 0 saturated heterocycles. The number of hydrazone groups is 1. The van der Waals surface area contributed by atoms with Gasteiger partial charge in [-0.15, -0.1) is 0 Å². The number of anilines is 1. The van der Waals surface area contributed by atoms with Gasteiger partial charge in [0.05, 0.1) is 45.8 Å². The first kappa shape index (κ1) is 30.8. The van der Waals surface area contributed by atoms with Crippen LogP contribution < -0.4 is 9.75 Å². The summed E-state index contributed by atoms with van der Waals surface area (Å²) < 4.78 is 96.4. The second kappa shape index (κ2) is 11.4. The first-order chi connectivity index (χ1) is 17.9. The second-order valence-electron chi connectivity index (χ2n) is 7.62. The average Bonchev–Trinajstić information content (AvgIpc) is 3.09. The third-order valence-corrected chi connectivity index (χ3v) is 8.74. The van der Waals surface area contributed by atoms with Crippen LogP contribution in [0.4, 0.5) is 11.4 Å². The van der Waals surface area contributed by atoms with Crippen LogP contribution in [0.1, 0.15) is 6.92 Å². The molecule has 1 aliphatic rings. The Bertz CT molecular complexity index is 1710. The van der Waals surface area contributed by atoms with Gasteiger partial charge in [0, 0.05) is 0 Å². The average molecular weight is 645 g/mol. The second-order valence-corrected chi connectivity index (χ2v) is 13.0. The molecule has 0 radical (unpaired) electrons. The van der Waals surface area contributed by atoms with Gasteiger partial charge in [-0.1, -0.05) is 23.2 Å². The monoisotopic (exact) mass is 644 g/mol. The van der Waals surface area contributed by atoms with Crippen molar-refractivity contribution in [1.82, 2.24) is 0 Å². The van der Waals surface area contributed by atoms with E-state index in [-0.39, 0.29) is 32.8 Å². The number of carbonyl (C=O) groups excluding carboxylic acids is 1. The number of sulfone groups is 1. The van der Waals surface area contributed by atoms with Gasteiger partial charge >= 0.3 is 10.4 Å². The summed E-state index contributed by atoms with van der Waals surface area (Å²) in [7, 11) is -12.3. The molecule has 0 saturated carbocycles. The van der Waals surface area contributed by atoms with Crippen LogP contribution >= 0.6 is 23.2 Å². The zero-order valence-electron chi connectivity index (χ0n) is 19.7. The first-order valence-corrected chi connectivity index (χ1v) is 15.4. The molecule has 1 atom stereocenters. The maximum absolute atomic E-state index is 13.0. The highest BCUT2D eigenvalue weighted by molar-refractivity contribution is 7.91. The zero-order chi connectivity index (χ0) is 29.3. The van der Waals surface area contributed by atoms with E-state index in [1.54, 1.807) is 0 Å². The highest BCUT2D eigenvalue weighted by Crippen LogP contribution is 2.37. The number of methoxy groups -OCH3 is 1. The molecule has 0 aromatic heterocycles. The molecule has 212 valence electrons. The highest BCUT2D eigenvalue weighted by atomic mass is 35.5. The Morgan fingerprint density at radius 2 is 1.72 bits per heavy atom. The van der Waals surface area contributed by atoms with Gasteiger partial charge in [-0.25, -0.2) is 12.6 Å². The van der Waals surface area contributed by atoms with Crippen LogP contribution in [-0.4, -0.2) is 71.5 Å². The molecule has 0 fully saturated rings. The Balaban J connectivity index is 1.89. The summed E-state index contributed by atoms with van der Waals surface area (Å²) in [5.74, 6) is -1.48. The van der Waals surface area contributed by atoms with E-state index in [0.29, 0.717) is 0 Å². The fraction of sp³-hybridized carbons (Fsp3) is 0.263. The Kier molecular flexibility index (Phi) is 9.02. The van der Waals surface area contributed by atoms with E-state index in [1.165, 1.54) is 20.1 Å². The molecule has 0 bridgehead atoms. The number of nitrogens with zero attached hydrogens (tertiary/aromatic N) is 4. The predicted molar refractivity (Wildman–Crippen MR) is 138 cm³/mol. The number of hydrogen-bond donors (Lipinski definition) is 2. The molecule has 2 aromatic rings. The number of benzene rings is 2. The van der Waals surface area contributed by atoms with Crippen molar-refractivity contribution in [1.29, 1.82) is 0 Å².